The van der Waals surface area contributed by atoms with Crippen LogP contribution in [0, 0.1) is 0 Å². The second-order valence-electron chi connectivity index (χ2n) is 17.7. The van der Waals surface area contributed by atoms with Crippen molar-refractivity contribution >= 4 is 71.6 Å². The van der Waals surface area contributed by atoms with Crippen LogP contribution in [0.25, 0.3) is 93.6 Å². The molecule has 0 N–H and O–H groups in total. The van der Waals surface area contributed by atoms with Crippen molar-refractivity contribution in [2.75, 3.05) is 4.90 Å². The van der Waals surface area contributed by atoms with Crippen LogP contribution in [0.3, 0.4) is 0 Å². The third-order valence-corrected chi connectivity index (χ3v) is 13.8. The number of benzene rings is 10. The normalized spacial score (nSPS) is 13.0. The van der Waals surface area contributed by atoms with Crippen molar-refractivity contribution in [3.8, 4) is 39.1 Å². The standard InChI is InChI=1S/C61H42N2O/c1-61(2)51-20-9-5-18-49(51)59-52(61)21-13-24-55(59)63(56-38-43-14-3-4-15-46(43)58-50-19-8-12-25-57(50)64-60(56)58)45-36-32-42(33-37-45)40-28-26-39(27-29-40)41-30-34-44(35-31-41)62-53-22-10-6-16-47(53)48-17-7-11-23-54(48)62/h3-38H,1-2H3. The molecule has 0 amide bonds. The average molecular weight is 819 g/mol. The molecule has 3 heteroatoms. The zero-order chi connectivity index (χ0) is 42.5. The minimum absolute atomic E-state index is 0.143. The molecule has 1 aliphatic carbocycles. The molecule has 0 saturated heterocycles. The average Bonchev–Trinajstić information content (AvgIpc) is 3.99. The number of para-hydroxylation sites is 3. The molecule has 2 aromatic heterocycles. The van der Waals surface area contributed by atoms with Crippen molar-refractivity contribution in [2.24, 2.45) is 0 Å². The highest BCUT2D eigenvalue weighted by Crippen LogP contribution is 2.55. The van der Waals surface area contributed by atoms with Crippen LogP contribution < -0.4 is 4.90 Å². The first-order valence-corrected chi connectivity index (χ1v) is 22.2. The molecule has 1 aliphatic rings. The molecule has 302 valence electrons. The highest BCUT2D eigenvalue weighted by Gasteiger charge is 2.38. The lowest BCUT2D eigenvalue weighted by molar-refractivity contribution is 0.660. The summed E-state index contributed by atoms with van der Waals surface area (Å²) in [4.78, 5) is 2.43. The zero-order valence-corrected chi connectivity index (χ0v) is 35.6. The van der Waals surface area contributed by atoms with Gasteiger partial charge in [-0.25, -0.2) is 0 Å². The first kappa shape index (κ1) is 36.5. The summed E-state index contributed by atoms with van der Waals surface area (Å²) in [6.45, 7) is 4.70. The third-order valence-electron chi connectivity index (χ3n) is 13.8. The molecule has 2 heterocycles. The van der Waals surface area contributed by atoms with Crippen molar-refractivity contribution in [3.05, 3.63) is 230 Å². The summed E-state index contributed by atoms with van der Waals surface area (Å²) in [6.07, 6.45) is 0. The molecule has 0 atom stereocenters. The summed E-state index contributed by atoms with van der Waals surface area (Å²) in [6, 6.07) is 79.5. The number of hydrogen-bond donors (Lipinski definition) is 0. The fourth-order valence-corrected chi connectivity index (χ4v) is 10.7. The van der Waals surface area contributed by atoms with Crippen molar-refractivity contribution in [1.82, 2.24) is 4.57 Å². The van der Waals surface area contributed by atoms with Gasteiger partial charge in [0.2, 0.25) is 0 Å². The largest absolute Gasteiger partial charge is 0.454 e. The molecule has 0 spiro atoms. The van der Waals surface area contributed by atoms with Crippen LogP contribution in [0.15, 0.2) is 223 Å². The van der Waals surface area contributed by atoms with Gasteiger partial charge in [-0.15, -0.1) is 0 Å². The van der Waals surface area contributed by atoms with Crippen LogP contribution in [0.1, 0.15) is 25.0 Å². The predicted octanol–water partition coefficient (Wildman–Crippen LogP) is 16.9. The van der Waals surface area contributed by atoms with Gasteiger partial charge in [-0.05, 0) is 104 Å². The van der Waals surface area contributed by atoms with Crippen LogP contribution in [-0.2, 0) is 5.41 Å². The third kappa shape index (κ3) is 5.41. The van der Waals surface area contributed by atoms with E-state index in [0.717, 1.165) is 50.3 Å². The summed E-state index contributed by atoms with van der Waals surface area (Å²) in [5.74, 6) is 0. The Kier molecular flexibility index (Phi) is 7.95. The van der Waals surface area contributed by atoms with E-state index in [0.29, 0.717) is 0 Å². The number of fused-ring (bicyclic) bond motifs is 11. The van der Waals surface area contributed by atoms with Gasteiger partial charge in [0.15, 0.2) is 5.58 Å². The van der Waals surface area contributed by atoms with E-state index < -0.39 is 0 Å². The molecule has 0 radical (unpaired) electrons. The summed E-state index contributed by atoms with van der Waals surface area (Å²) < 4.78 is 9.27. The van der Waals surface area contributed by atoms with E-state index in [1.807, 2.05) is 0 Å². The lowest BCUT2D eigenvalue weighted by Crippen LogP contribution is -2.16. The number of aromatic nitrogens is 1. The van der Waals surface area contributed by atoms with E-state index >= 15 is 0 Å². The Morgan fingerprint density at radius 2 is 0.969 bits per heavy atom. The van der Waals surface area contributed by atoms with Gasteiger partial charge in [0.25, 0.3) is 0 Å². The molecular formula is C61H42N2O. The topological polar surface area (TPSA) is 21.3 Å². The number of anilines is 3. The number of nitrogens with zero attached hydrogens (tertiary/aromatic N) is 2. The molecule has 0 fully saturated rings. The molecule has 64 heavy (non-hydrogen) atoms. The molecular weight excluding hydrogens is 777 g/mol. The van der Waals surface area contributed by atoms with Gasteiger partial charge in [0.1, 0.15) is 5.58 Å². The van der Waals surface area contributed by atoms with Crippen LogP contribution in [0.4, 0.5) is 17.1 Å². The molecule has 3 nitrogen and oxygen atoms in total. The summed E-state index contributed by atoms with van der Waals surface area (Å²) in [7, 11) is 0. The van der Waals surface area contributed by atoms with Gasteiger partial charge < -0.3 is 13.9 Å². The van der Waals surface area contributed by atoms with E-state index in [2.05, 4.69) is 242 Å². The number of furan rings is 1. The molecule has 12 aromatic rings. The Balaban J connectivity index is 0.906. The zero-order valence-electron chi connectivity index (χ0n) is 35.6. The molecule has 10 aromatic carbocycles. The van der Waals surface area contributed by atoms with Gasteiger partial charge in [-0.3, -0.25) is 0 Å². The minimum Gasteiger partial charge on any atom is -0.454 e. The van der Waals surface area contributed by atoms with Crippen LogP contribution in [0.5, 0.6) is 0 Å². The summed E-state index contributed by atoms with van der Waals surface area (Å²) >= 11 is 0. The number of rotatable bonds is 6. The van der Waals surface area contributed by atoms with Crippen molar-refractivity contribution in [1.29, 1.82) is 0 Å². The predicted molar refractivity (Wildman–Crippen MR) is 269 cm³/mol. The summed E-state index contributed by atoms with van der Waals surface area (Å²) in [5, 5.41) is 7.17. The van der Waals surface area contributed by atoms with Gasteiger partial charge in [0, 0.05) is 43.9 Å². The first-order chi connectivity index (χ1) is 31.5. The van der Waals surface area contributed by atoms with Crippen molar-refractivity contribution in [2.45, 2.75) is 19.3 Å². The molecule has 0 unspecified atom stereocenters. The number of hydrogen-bond acceptors (Lipinski definition) is 2. The van der Waals surface area contributed by atoms with Crippen LogP contribution in [-0.4, -0.2) is 4.57 Å². The van der Waals surface area contributed by atoms with Crippen LogP contribution >= 0.6 is 0 Å². The maximum atomic E-state index is 6.90. The SMILES string of the molecule is CC1(C)c2ccccc2-c2c(N(c3ccc(-c4ccc(-c5ccc(-n6c7ccccc7c7ccccc76)cc5)cc4)cc3)c3cc4ccccc4c4c3oc3ccccc34)cccc21. The molecule has 0 bridgehead atoms. The van der Waals surface area contributed by atoms with Gasteiger partial charge in [0.05, 0.1) is 22.4 Å². The van der Waals surface area contributed by atoms with E-state index in [1.54, 1.807) is 0 Å². The quantitative estimate of drug-likeness (QED) is 0.167. The maximum absolute atomic E-state index is 6.90. The second-order valence-corrected chi connectivity index (χ2v) is 17.7. The smallest absolute Gasteiger partial charge is 0.160 e. The molecule has 0 aliphatic heterocycles. The highest BCUT2D eigenvalue weighted by molar-refractivity contribution is 6.23. The summed E-state index contributed by atoms with van der Waals surface area (Å²) in [5.41, 5.74) is 18.4. The fraction of sp³-hybridized carbons (Fsp3) is 0.0492. The lowest BCUT2D eigenvalue weighted by atomic mass is 9.82. The fourth-order valence-electron chi connectivity index (χ4n) is 10.7. The molecule has 0 saturated carbocycles. The van der Waals surface area contributed by atoms with Gasteiger partial charge in [-0.2, -0.15) is 0 Å². The van der Waals surface area contributed by atoms with Crippen molar-refractivity contribution < 1.29 is 4.42 Å². The van der Waals surface area contributed by atoms with E-state index in [4.69, 9.17) is 4.42 Å². The highest BCUT2D eigenvalue weighted by atomic mass is 16.3. The van der Waals surface area contributed by atoms with Crippen molar-refractivity contribution in [3.63, 3.8) is 0 Å². The van der Waals surface area contributed by atoms with Gasteiger partial charge >= 0.3 is 0 Å². The van der Waals surface area contributed by atoms with Crippen LogP contribution in [0.2, 0.25) is 0 Å². The monoisotopic (exact) mass is 818 g/mol. The Bertz CT molecular complexity index is 3740. The Morgan fingerprint density at radius 1 is 0.438 bits per heavy atom. The first-order valence-electron chi connectivity index (χ1n) is 22.2. The Morgan fingerprint density at radius 3 is 1.66 bits per heavy atom. The second kappa shape index (κ2) is 13.9. The van der Waals surface area contributed by atoms with E-state index in [-0.39, 0.29) is 5.41 Å². The maximum Gasteiger partial charge on any atom is 0.160 e. The minimum atomic E-state index is -0.143. The lowest BCUT2D eigenvalue weighted by Gasteiger charge is -2.29. The Labute approximate surface area is 371 Å². The molecule has 13 rings (SSSR count). The van der Waals surface area contributed by atoms with E-state index in [9.17, 15) is 0 Å². The van der Waals surface area contributed by atoms with Gasteiger partial charge in [-0.1, -0.05) is 178 Å². The Hall–Kier alpha value is -8.14. The van der Waals surface area contributed by atoms with E-state index in [1.165, 1.54) is 71.5 Å².